The minimum absolute atomic E-state index is 0.0114. The van der Waals surface area contributed by atoms with Crippen LogP contribution in [0.2, 0.25) is 0 Å². The van der Waals surface area contributed by atoms with Crippen molar-refractivity contribution in [3.8, 4) is 5.75 Å². The van der Waals surface area contributed by atoms with E-state index in [1.807, 2.05) is 54.3 Å². The number of para-hydroxylation sites is 2. The van der Waals surface area contributed by atoms with E-state index in [1.54, 1.807) is 0 Å². The van der Waals surface area contributed by atoms with Gasteiger partial charge in [0.15, 0.2) is 0 Å². The van der Waals surface area contributed by atoms with E-state index in [-0.39, 0.29) is 6.03 Å². The van der Waals surface area contributed by atoms with E-state index in [0.29, 0.717) is 26.2 Å². The zero-order chi connectivity index (χ0) is 18.4. The highest BCUT2D eigenvalue weighted by atomic mass is 79.9. The van der Waals surface area contributed by atoms with Crippen molar-refractivity contribution in [1.29, 1.82) is 0 Å². The SMILES string of the molecule is CCOc1ccccc1N1CCN(C(=O)NCc2cccc(Br)c2)CC1. The standard InChI is InChI=1S/C20H24BrN3O2/c1-2-26-19-9-4-3-8-18(19)23-10-12-24(13-11-23)20(25)22-15-16-6-5-7-17(21)14-16/h3-9,14H,2,10-13,15H2,1H3,(H,22,25). The molecule has 1 saturated heterocycles. The molecular formula is C20H24BrN3O2. The van der Waals surface area contributed by atoms with Gasteiger partial charge in [-0.1, -0.05) is 40.2 Å². The Morgan fingerprint density at radius 2 is 1.88 bits per heavy atom. The molecule has 0 aliphatic carbocycles. The van der Waals surface area contributed by atoms with Gasteiger partial charge in [0.25, 0.3) is 0 Å². The summed E-state index contributed by atoms with van der Waals surface area (Å²) in [6.07, 6.45) is 0. The van der Waals surface area contributed by atoms with Gasteiger partial charge >= 0.3 is 6.03 Å². The van der Waals surface area contributed by atoms with Gasteiger partial charge in [-0.15, -0.1) is 0 Å². The first-order chi connectivity index (χ1) is 12.7. The van der Waals surface area contributed by atoms with Gasteiger partial charge in [-0.2, -0.15) is 0 Å². The van der Waals surface area contributed by atoms with Crippen LogP contribution < -0.4 is 15.0 Å². The molecule has 5 nitrogen and oxygen atoms in total. The highest BCUT2D eigenvalue weighted by Crippen LogP contribution is 2.28. The normalized spacial score (nSPS) is 14.2. The molecule has 3 rings (SSSR count). The molecule has 2 aromatic carbocycles. The molecule has 1 heterocycles. The van der Waals surface area contributed by atoms with Gasteiger partial charge in [-0.05, 0) is 36.8 Å². The number of halogens is 1. The Labute approximate surface area is 163 Å². The number of hydrogen-bond donors (Lipinski definition) is 1. The molecule has 1 N–H and O–H groups in total. The highest BCUT2D eigenvalue weighted by molar-refractivity contribution is 9.10. The number of carbonyl (C=O) groups excluding carboxylic acids is 1. The fraction of sp³-hybridized carbons (Fsp3) is 0.350. The Morgan fingerprint density at radius 1 is 1.12 bits per heavy atom. The summed E-state index contributed by atoms with van der Waals surface area (Å²) < 4.78 is 6.74. The molecule has 2 aromatic rings. The van der Waals surface area contributed by atoms with E-state index in [0.717, 1.165) is 34.6 Å². The Morgan fingerprint density at radius 3 is 2.62 bits per heavy atom. The molecule has 0 radical (unpaired) electrons. The first-order valence-electron chi connectivity index (χ1n) is 8.91. The maximum atomic E-state index is 12.4. The van der Waals surface area contributed by atoms with E-state index in [4.69, 9.17) is 4.74 Å². The first-order valence-corrected chi connectivity index (χ1v) is 9.70. The highest BCUT2D eigenvalue weighted by Gasteiger charge is 2.22. The molecule has 0 atom stereocenters. The summed E-state index contributed by atoms with van der Waals surface area (Å²) in [5.41, 5.74) is 2.18. The van der Waals surface area contributed by atoms with Crippen molar-refractivity contribution >= 4 is 27.6 Å². The maximum Gasteiger partial charge on any atom is 0.317 e. The Balaban J connectivity index is 1.52. The quantitative estimate of drug-likeness (QED) is 0.802. The van der Waals surface area contributed by atoms with Crippen molar-refractivity contribution in [3.63, 3.8) is 0 Å². The second-order valence-corrected chi connectivity index (χ2v) is 7.08. The van der Waals surface area contributed by atoms with Crippen molar-refractivity contribution in [2.45, 2.75) is 13.5 Å². The van der Waals surface area contributed by atoms with Crippen LogP contribution in [-0.4, -0.2) is 43.7 Å². The predicted octanol–water partition coefficient (Wildman–Crippen LogP) is 3.88. The van der Waals surface area contributed by atoms with Gasteiger partial charge < -0.3 is 19.9 Å². The van der Waals surface area contributed by atoms with Crippen LogP contribution >= 0.6 is 15.9 Å². The van der Waals surface area contributed by atoms with Gasteiger partial charge in [0.1, 0.15) is 5.75 Å². The summed E-state index contributed by atoms with van der Waals surface area (Å²) >= 11 is 3.45. The predicted molar refractivity (Wildman–Crippen MR) is 108 cm³/mol. The van der Waals surface area contributed by atoms with E-state index in [2.05, 4.69) is 32.2 Å². The molecule has 1 fully saturated rings. The second kappa shape index (κ2) is 8.94. The molecule has 1 aliphatic heterocycles. The number of rotatable bonds is 5. The lowest BCUT2D eigenvalue weighted by Crippen LogP contribution is -2.51. The van der Waals surface area contributed by atoms with Crippen LogP contribution in [0.25, 0.3) is 0 Å². The van der Waals surface area contributed by atoms with Crippen LogP contribution in [0.1, 0.15) is 12.5 Å². The molecule has 2 amide bonds. The lowest BCUT2D eigenvalue weighted by atomic mass is 10.2. The summed E-state index contributed by atoms with van der Waals surface area (Å²) in [6.45, 7) is 6.17. The molecule has 26 heavy (non-hydrogen) atoms. The van der Waals surface area contributed by atoms with Crippen molar-refractivity contribution in [2.75, 3.05) is 37.7 Å². The molecule has 6 heteroatoms. The monoisotopic (exact) mass is 417 g/mol. The largest absolute Gasteiger partial charge is 0.492 e. The van der Waals surface area contributed by atoms with Gasteiger partial charge in [0.05, 0.1) is 12.3 Å². The third-order valence-corrected chi connectivity index (χ3v) is 4.90. The fourth-order valence-corrected chi connectivity index (χ4v) is 3.53. The number of ether oxygens (including phenoxy) is 1. The molecule has 0 saturated carbocycles. The average molecular weight is 418 g/mol. The van der Waals surface area contributed by atoms with Crippen molar-refractivity contribution < 1.29 is 9.53 Å². The van der Waals surface area contributed by atoms with Crippen LogP contribution in [-0.2, 0) is 6.54 Å². The number of anilines is 1. The summed E-state index contributed by atoms with van der Waals surface area (Å²) in [7, 11) is 0. The lowest BCUT2D eigenvalue weighted by molar-refractivity contribution is 0.194. The Bertz CT molecular complexity index is 745. The van der Waals surface area contributed by atoms with Crippen LogP contribution in [0.15, 0.2) is 53.0 Å². The van der Waals surface area contributed by atoms with Crippen LogP contribution in [0.5, 0.6) is 5.75 Å². The van der Waals surface area contributed by atoms with Gasteiger partial charge in [-0.25, -0.2) is 4.79 Å². The second-order valence-electron chi connectivity index (χ2n) is 6.16. The Kier molecular flexibility index (Phi) is 6.39. The van der Waals surface area contributed by atoms with Crippen molar-refractivity contribution in [3.05, 3.63) is 58.6 Å². The summed E-state index contributed by atoms with van der Waals surface area (Å²) in [5.74, 6) is 0.905. The van der Waals surface area contributed by atoms with Gasteiger partial charge in [0.2, 0.25) is 0 Å². The van der Waals surface area contributed by atoms with E-state index >= 15 is 0 Å². The summed E-state index contributed by atoms with van der Waals surface area (Å²) in [4.78, 5) is 16.6. The molecule has 0 aromatic heterocycles. The third-order valence-electron chi connectivity index (χ3n) is 4.41. The molecule has 0 bridgehead atoms. The Hall–Kier alpha value is -2.21. The number of nitrogens with zero attached hydrogens (tertiary/aromatic N) is 2. The van der Waals surface area contributed by atoms with E-state index in [9.17, 15) is 4.79 Å². The number of hydrogen-bond acceptors (Lipinski definition) is 3. The van der Waals surface area contributed by atoms with E-state index in [1.165, 1.54) is 0 Å². The molecule has 0 spiro atoms. The van der Waals surface area contributed by atoms with Crippen LogP contribution in [0.3, 0.4) is 0 Å². The fourth-order valence-electron chi connectivity index (χ4n) is 3.08. The minimum atomic E-state index is -0.0114. The number of urea groups is 1. The zero-order valence-electron chi connectivity index (χ0n) is 15.0. The number of piperazine rings is 1. The smallest absolute Gasteiger partial charge is 0.317 e. The minimum Gasteiger partial charge on any atom is -0.492 e. The van der Waals surface area contributed by atoms with Gasteiger partial charge in [-0.3, -0.25) is 0 Å². The number of benzene rings is 2. The summed E-state index contributed by atoms with van der Waals surface area (Å²) in [5, 5.41) is 3.01. The van der Waals surface area contributed by atoms with Crippen LogP contribution in [0.4, 0.5) is 10.5 Å². The number of amides is 2. The van der Waals surface area contributed by atoms with E-state index < -0.39 is 0 Å². The zero-order valence-corrected chi connectivity index (χ0v) is 16.5. The lowest BCUT2D eigenvalue weighted by Gasteiger charge is -2.36. The first kappa shape index (κ1) is 18.6. The van der Waals surface area contributed by atoms with Crippen molar-refractivity contribution in [1.82, 2.24) is 10.2 Å². The molecular weight excluding hydrogens is 394 g/mol. The number of nitrogens with one attached hydrogen (secondary N) is 1. The average Bonchev–Trinajstić information content (AvgIpc) is 2.67. The van der Waals surface area contributed by atoms with Crippen molar-refractivity contribution in [2.24, 2.45) is 0 Å². The summed E-state index contributed by atoms with van der Waals surface area (Å²) in [6, 6.07) is 16.0. The molecule has 0 unspecified atom stereocenters. The van der Waals surface area contributed by atoms with Gasteiger partial charge in [0, 0.05) is 37.2 Å². The van der Waals surface area contributed by atoms with Crippen LogP contribution in [0, 0.1) is 0 Å². The maximum absolute atomic E-state index is 12.4. The molecule has 1 aliphatic rings. The molecule has 138 valence electrons. The topological polar surface area (TPSA) is 44.8 Å². The number of carbonyl (C=O) groups is 1. The third kappa shape index (κ3) is 4.69.